The summed E-state index contributed by atoms with van der Waals surface area (Å²) in [4.78, 5) is 39.1. The number of hydrogen-bond acceptors (Lipinski definition) is 3. The number of hydrogen-bond donors (Lipinski definition) is 1. The lowest BCUT2D eigenvalue weighted by Gasteiger charge is -2.25. The molecule has 0 bridgehead atoms. The molecule has 0 radical (unpaired) electrons. The molecule has 0 aromatic heterocycles. The van der Waals surface area contributed by atoms with E-state index in [4.69, 9.17) is 11.6 Å². The lowest BCUT2D eigenvalue weighted by Crippen LogP contribution is -2.43. The van der Waals surface area contributed by atoms with Gasteiger partial charge in [0, 0.05) is 10.6 Å². The fourth-order valence-electron chi connectivity index (χ4n) is 3.30. The molecule has 0 unspecified atom stereocenters. The van der Waals surface area contributed by atoms with E-state index in [0.29, 0.717) is 22.6 Å². The van der Waals surface area contributed by atoms with Crippen LogP contribution in [0.2, 0.25) is 5.02 Å². The lowest BCUT2D eigenvalue weighted by molar-refractivity contribution is -0.131. The second kappa shape index (κ2) is 7.53. The molecule has 1 atom stereocenters. The van der Waals surface area contributed by atoms with Crippen LogP contribution in [0.1, 0.15) is 41.8 Å². The van der Waals surface area contributed by atoms with E-state index in [9.17, 15) is 14.4 Å². The van der Waals surface area contributed by atoms with Crippen molar-refractivity contribution in [2.75, 3.05) is 6.54 Å². The third-order valence-corrected chi connectivity index (χ3v) is 5.28. The van der Waals surface area contributed by atoms with Crippen molar-refractivity contribution < 1.29 is 14.4 Å². The van der Waals surface area contributed by atoms with Gasteiger partial charge in [-0.05, 0) is 36.1 Å². The maximum absolute atomic E-state index is 13.1. The third kappa shape index (κ3) is 3.47. The van der Waals surface area contributed by atoms with Gasteiger partial charge in [0.2, 0.25) is 0 Å². The maximum atomic E-state index is 13.1. The van der Waals surface area contributed by atoms with E-state index in [1.807, 2.05) is 26.0 Å². The molecule has 1 fully saturated rings. The molecule has 2 aromatic carbocycles. The number of ketones is 1. The van der Waals surface area contributed by atoms with Crippen LogP contribution in [-0.2, 0) is 16.8 Å². The second-order valence-corrected chi connectivity index (χ2v) is 7.00. The first-order valence-electron chi connectivity index (χ1n) is 8.93. The van der Waals surface area contributed by atoms with Crippen molar-refractivity contribution in [3.05, 3.63) is 70.2 Å². The predicted octanol–water partition coefficient (Wildman–Crippen LogP) is 3.94. The summed E-state index contributed by atoms with van der Waals surface area (Å²) in [6, 6.07) is 13.4. The summed E-state index contributed by atoms with van der Waals surface area (Å²) in [7, 11) is 0. The summed E-state index contributed by atoms with van der Waals surface area (Å²) < 4.78 is 0. The molecule has 5 nitrogen and oxygen atoms in total. The van der Waals surface area contributed by atoms with Crippen molar-refractivity contribution in [1.82, 2.24) is 10.2 Å². The highest BCUT2D eigenvalue weighted by Crippen LogP contribution is 2.33. The molecular weight excluding hydrogens is 364 g/mol. The Morgan fingerprint density at radius 2 is 1.67 bits per heavy atom. The smallest absolute Gasteiger partial charge is 0.319 e. The van der Waals surface area contributed by atoms with Gasteiger partial charge in [0.05, 0.1) is 6.54 Å². The summed E-state index contributed by atoms with van der Waals surface area (Å²) in [5.41, 5.74) is 1.08. The monoisotopic (exact) mass is 384 g/mol. The van der Waals surface area contributed by atoms with Crippen LogP contribution >= 0.6 is 11.6 Å². The second-order valence-electron chi connectivity index (χ2n) is 6.56. The predicted molar refractivity (Wildman–Crippen MR) is 104 cm³/mol. The molecule has 0 spiro atoms. The molecule has 1 aliphatic rings. The number of rotatable bonds is 6. The largest absolute Gasteiger partial charge is 0.325 e. The van der Waals surface area contributed by atoms with Crippen LogP contribution in [0.3, 0.4) is 0 Å². The van der Waals surface area contributed by atoms with Crippen molar-refractivity contribution >= 4 is 29.3 Å². The zero-order valence-corrected chi connectivity index (χ0v) is 16.0. The van der Waals surface area contributed by atoms with Gasteiger partial charge in [-0.25, -0.2) is 4.79 Å². The number of halogens is 1. The summed E-state index contributed by atoms with van der Waals surface area (Å²) in [5, 5.41) is 3.32. The normalized spacial score (nSPS) is 19.3. The van der Waals surface area contributed by atoms with Crippen molar-refractivity contribution in [2.24, 2.45) is 0 Å². The average molecular weight is 385 g/mol. The van der Waals surface area contributed by atoms with Crippen LogP contribution < -0.4 is 5.32 Å². The Morgan fingerprint density at radius 1 is 1.04 bits per heavy atom. The van der Waals surface area contributed by atoms with Crippen molar-refractivity contribution in [3.63, 3.8) is 0 Å². The third-order valence-electron chi connectivity index (χ3n) is 5.03. The molecule has 1 aliphatic heterocycles. The lowest BCUT2D eigenvalue weighted by atomic mass is 9.87. The molecule has 0 saturated carbocycles. The Labute approximate surface area is 163 Å². The number of imide groups is 1. The highest BCUT2D eigenvalue weighted by molar-refractivity contribution is 6.30. The van der Waals surface area contributed by atoms with Crippen molar-refractivity contribution in [3.8, 4) is 0 Å². The quantitative estimate of drug-likeness (QED) is 0.606. The summed E-state index contributed by atoms with van der Waals surface area (Å²) >= 11 is 5.93. The first-order valence-corrected chi connectivity index (χ1v) is 9.31. The van der Waals surface area contributed by atoms with E-state index >= 15 is 0 Å². The van der Waals surface area contributed by atoms with Gasteiger partial charge in [-0.1, -0.05) is 61.8 Å². The number of benzene rings is 2. The highest BCUT2D eigenvalue weighted by atomic mass is 35.5. The zero-order valence-electron chi connectivity index (χ0n) is 15.3. The molecule has 1 saturated heterocycles. The summed E-state index contributed by atoms with van der Waals surface area (Å²) in [6.45, 7) is 3.57. The number of amides is 3. The number of aryl methyl sites for hydroxylation is 1. The van der Waals surface area contributed by atoms with Gasteiger partial charge in [-0.2, -0.15) is 0 Å². The maximum Gasteiger partial charge on any atom is 0.325 e. The molecule has 1 heterocycles. The van der Waals surface area contributed by atoms with Crippen molar-refractivity contribution in [2.45, 2.75) is 32.2 Å². The van der Waals surface area contributed by atoms with Gasteiger partial charge in [0.1, 0.15) is 5.54 Å². The van der Waals surface area contributed by atoms with E-state index < -0.39 is 17.5 Å². The number of Topliss-reactive ketones (excluding diaryl/α,β-unsaturated/α-hetero) is 1. The van der Waals surface area contributed by atoms with Crippen LogP contribution in [0.5, 0.6) is 0 Å². The first-order chi connectivity index (χ1) is 12.9. The Morgan fingerprint density at radius 3 is 2.22 bits per heavy atom. The molecule has 2 aromatic rings. The Bertz CT molecular complexity index is 877. The van der Waals surface area contributed by atoms with Gasteiger partial charge in [-0.15, -0.1) is 0 Å². The Hall–Kier alpha value is -2.66. The van der Waals surface area contributed by atoms with E-state index in [2.05, 4.69) is 5.32 Å². The van der Waals surface area contributed by atoms with Crippen LogP contribution in [0.4, 0.5) is 4.79 Å². The molecule has 1 N–H and O–H groups in total. The molecule has 3 amide bonds. The minimum Gasteiger partial charge on any atom is -0.319 e. The van der Waals surface area contributed by atoms with E-state index in [1.54, 1.807) is 36.4 Å². The van der Waals surface area contributed by atoms with Crippen LogP contribution in [0.25, 0.3) is 0 Å². The molecule has 140 valence electrons. The number of nitrogens with one attached hydrogen (secondary N) is 1. The Kier molecular flexibility index (Phi) is 5.33. The molecular formula is C21H21ClN2O3. The van der Waals surface area contributed by atoms with Gasteiger partial charge in [-0.3, -0.25) is 14.5 Å². The summed E-state index contributed by atoms with van der Waals surface area (Å²) in [6.07, 6.45) is 1.25. The minimum absolute atomic E-state index is 0.274. The van der Waals surface area contributed by atoms with Crippen molar-refractivity contribution in [1.29, 1.82) is 0 Å². The number of nitrogens with zero attached hydrogens (tertiary/aromatic N) is 1. The molecule has 6 heteroatoms. The van der Waals surface area contributed by atoms with E-state index in [0.717, 1.165) is 16.9 Å². The highest BCUT2D eigenvalue weighted by Gasteiger charge is 2.51. The topological polar surface area (TPSA) is 66.5 Å². The van der Waals surface area contributed by atoms with Crippen LogP contribution in [0.15, 0.2) is 48.5 Å². The molecule has 27 heavy (non-hydrogen) atoms. The van der Waals surface area contributed by atoms with Gasteiger partial charge >= 0.3 is 6.03 Å². The SMILES string of the molecule is CCc1ccc(C(=O)CN2C(=O)N[C@@](CC)(c3ccc(Cl)cc3)C2=O)cc1. The van der Waals surface area contributed by atoms with E-state index in [-0.39, 0.29) is 12.3 Å². The van der Waals surface area contributed by atoms with E-state index in [1.165, 1.54) is 0 Å². The average Bonchev–Trinajstić information content (AvgIpc) is 2.93. The first kappa shape index (κ1) is 19.1. The standard InChI is InChI=1S/C21H21ClN2O3/c1-3-14-5-7-15(8-6-14)18(25)13-24-19(26)21(4-2,23-20(24)27)16-9-11-17(22)12-10-16/h5-12H,3-4,13H2,1-2H3,(H,23,27)/t21-/m0/s1. The Balaban J connectivity index is 1.84. The zero-order chi connectivity index (χ0) is 19.6. The summed E-state index contributed by atoms with van der Waals surface area (Å²) in [5.74, 6) is -0.694. The van der Waals surface area contributed by atoms with Gasteiger partial charge < -0.3 is 5.32 Å². The molecule has 3 rings (SSSR count). The van der Waals surface area contributed by atoms with Crippen LogP contribution in [-0.4, -0.2) is 29.2 Å². The fourth-order valence-corrected chi connectivity index (χ4v) is 3.43. The molecule has 0 aliphatic carbocycles. The number of carbonyl (C=O) groups is 3. The van der Waals surface area contributed by atoms with Gasteiger partial charge in [0.25, 0.3) is 5.91 Å². The van der Waals surface area contributed by atoms with Crippen LogP contribution in [0, 0.1) is 0 Å². The minimum atomic E-state index is -1.17. The number of urea groups is 1. The fraction of sp³-hybridized carbons (Fsp3) is 0.286. The number of carbonyl (C=O) groups excluding carboxylic acids is 3. The van der Waals surface area contributed by atoms with Gasteiger partial charge in [0.15, 0.2) is 5.78 Å².